The van der Waals surface area contributed by atoms with Crippen molar-refractivity contribution in [1.29, 1.82) is 0 Å². The number of halogens is 3. The van der Waals surface area contributed by atoms with Crippen molar-refractivity contribution in [2.75, 3.05) is 6.61 Å². The van der Waals surface area contributed by atoms with Crippen LogP contribution >= 0.6 is 0 Å². The Labute approximate surface area is 96.3 Å². The van der Waals surface area contributed by atoms with Crippen molar-refractivity contribution in [2.24, 2.45) is 5.73 Å². The molecule has 1 heterocycles. The summed E-state index contributed by atoms with van der Waals surface area (Å²) in [6.45, 7) is 0.451. The number of alkyl halides is 3. The summed E-state index contributed by atoms with van der Waals surface area (Å²) in [5.41, 5.74) is 6.12. The minimum atomic E-state index is -4.71. The maximum atomic E-state index is 12.2. The second-order valence-electron chi connectivity index (χ2n) is 3.83. The van der Waals surface area contributed by atoms with Gasteiger partial charge in [-0.05, 0) is 12.5 Å². The van der Waals surface area contributed by atoms with Gasteiger partial charge in [-0.1, -0.05) is 18.2 Å². The number of benzene rings is 1. The first kappa shape index (κ1) is 12.2. The molecule has 0 aromatic heterocycles. The Bertz CT molecular complexity index is 395. The van der Waals surface area contributed by atoms with E-state index >= 15 is 0 Å². The average Bonchev–Trinajstić information content (AvgIpc) is 2.63. The molecule has 2 N–H and O–H groups in total. The molecule has 3 nitrogen and oxygen atoms in total. The summed E-state index contributed by atoms with van der Waals surface area (Å²) < 4.78 is 45.9. The van der Waals surface area contributed by atoms with Crippen LogP contribution in [0.25, 0.3) is 0 Å². The second-order valence-corrected chi connectivity index (χ2v) is 3.83. The van der Waals surface area contributed by atoms with Crippen molar-refractivity contribution in [3.05, 3.63) is 29.8 Å². The molecule has 1 aliphatic heterocycles. The van der Waals surface area contributed by atoms with Crippen LogP contribution < -0.4 is 10.5 Å². The Morgan fingerprint density at radius 1 is 1.29 bits per heavy atom. The van der Waals surface area contributed by atoms with Crippen LogP contribution in [0.1, 0.15) is 18.1 Å². The van der Waals surface area contributed by atoms with E-state index in [1.165, 1.54) is 18.2 Å². The van der Waals surface area contributed by atoms with E-state index in [9.17, 15) is 13.2 Å². The molecule has 17 heavy (non-hydrogen) atoms. The van der Waals surface area contributed by atoms with Crippen molar-refractivity contribution in [3.8, 4) is 5.75 Å². The lowest BCUT2D eigenvalue weighted by atomic mass is 10.0. The van der Waals surface area contributed by atoms with Gasteiger partial charge in [0.25, 0.3) is 0 Å². The zero-order chi connectivity index (χ0) is 12.5. The Morgan fingerprint density at radius 3 is 2.59 bits per heavy atom. The highest BCUT2D eigenvalue weighted by Gasteiger charge is 2.35. The Hall–Kier alpha value is -1.27. The fraction of sp³-hybridized carbons (Fsp3) is 0.455. The highest BCUT2D eigenvalue weighted by atomic mass is 19.4. The lowest BCUT2D eigenvalue weighted by Crippen LogP contribution is -2.25. The first-order valence-electron chi connectivity index (χ1n) is 5.19. The van der Waals surface area contributed by atoms with Gasteiger partial charge in [-0.25, -0.2) is 0 Å². The molecule has 1 aromatic rings. The standard InChI is InChI=1S/C11H12F3NO2/c12-11(13,14)17-9-4-2-1-3-7(9)10-8(15)5-6-16-10/h1-4,8,10H,5-6,15H2. The van der Waals surface area contributed by atoms with Crippen molar-refractivity contribution in [2.45, 2.75) is 24.9 Å². The zero-order valence-corrected chi connectivity index (χ0v) is 8.91. The van der Waals surface area contributed by atoms with Gasteiger partial charge >= 0.3 is 6.36 Å². The highest BCUT2D eigenvalue weighted by Crippen LogP contribution is 2.36. The quantitative estimate of drug-likeness (QED) is 0.872. The first-order valence-corrected chi connectivity index (χ1v) is 5.19. The Morgan fingerprint density at radius 2 is 2.00 bits per heavy atom. The van der Waals surface area contributed by atoms with Crippen LogP contribution in [0.4, 0.5) is 13.2 Å². The smallest absolute Gasteiger partial charge is 0.405 e. The van der Waals surface area contributed by atoms with Gasteiger partial charge in [0.1, 0.15) is 11.9 Å². The topological polar surface area (TPSA) is 44.5 Å². The third-order valence-electron chi connectivity index (χ3n) is 2.59. The number of para-hydroxylation sites is 1. The van der Waals surface area contributed by atoms with Gasteiger partial charge < -0.3 is 15.2 Å². The number of nitrogens with two attached hydrogens (primary N) is 1. The predicted octanol–water partition coefficient (Wildman–Crippen LogP) is 2.37. The van der Waals surface area contributed by atoms with Gasteiger partial charge in [-0.15, -0.1) is 13.2 Å². The summed E-state index contributed by atoms with van der Waals surface area (Å²) in [6, 6.07) is 5.61. The number of ether oxygens (including phenoxy) is 2. The molecule has 1 aliphatic rings. The Kier molecular flexibility index (Phi) is 3.26. The molecule has 0 aliphatic carbocycles. The van der Waals surface area contributed by atoms with Crippen LogP contribution in [0.3, 0.4) is 0 Å². The lowest BCUT2D eigenvalue weighted by molar-refractivity contribution is -0.275. The van der Waals surface area contributed by atoms with Gasteiger partial charge in [-0.2, -0.15) is 0 Å². The van der Waals surface area contributed by atoms with E-state index in [2.05, 4.69) is 4.74 Å². The molecule has 0 spiro atoms. The fourth-order valence-corrected chi connectivity index (χ4v) is 1.86. The predicted molar refractivity (Wildman–Crippen MR) is 54.4 cm³/mol. The van der Waals surface area contributed by atoms with Gasteiger partial charge in [-0.3, -0.25) is 0 Å². The molecule has 1 fully saturated rings. The van der Waals surface area contributed by atoms with Crippen LogP contribution in [0.15, 0.2) is 24.3 Å². The number of rotatable bonds is 2. The van der Waals surface area contributed by atoms with E-state index in [0.717, 1.165) is 0 Å². The van der Waals surface area contributed by atoms with Gasteiger partial charge in [0.05, 0.1) is 0 Å². The summed E-state index contributed by atoms with van der Waals surface area (Å²) >= 11 is 0. The molecule has 1 saturated heterocycles. The lowest BCUT2D eigenvalue weighted by Gasteiger charge is -2.19. The van der Waals surface area contributed by atoms with Crippen molar-refractivity contribution >= 4 is 0 Å². The van der Waals surface area contributed by atoms with E-state index in [-0.39, 0.29) is 11.8 Å². The zero-order valence-electron chi connectivity index (χ0n) is 8.91. The molecule has 94 valence electrons. The van der Waals surface area contributed by atoms with Crippen LogP contribution in [-0.4, -0.2) is 19.0 Å². The molecular weight excluding hydrogens is 235 g/mol. The number of hydrogen-bond acceptors (Lipinski definition) is 3. The average molecular weight is 247 g/mol. The molecule has 2 unspecified atom stereocenters. The van der Waals surface area contributed by atoms with E-state index in [0.29, 0.717) is 18.6 Å². The normalized spacial score (nSPS) is 24.9. The maximum absolute atomic E-state index is 12.2. The monoisotopic (exact) mass is 247 g/mol. The first-order chi connectivity index (χ1) is 7.97. The molecule has 0 saturated carbocycles. The SMILES string of the molecule is NC1CCOC1c1ccccc1OC(F)(F)F. The molecule has 0 radical (unpaired) electrons. The fourth-order valence-electron chi connectivity index (χ4n) is 1.86. The third kappa shape index (κ3) is 2.89. The molecule has 6 heteroatoms. The maximum Gasteiger partial charge on any atom is 0.573 e. The minimum absolute atomic E-state index is 0.248. The van der Waals surface area contributed by atoms with E-state index in [4.69, 9.17) is 10.5 Å². The number of hydrogen-bond donors (Lipinski definition) is 1. The Balaban J connectivity index is 2.27. The minimum Gasteiger partial charge on any atom is -0.405 e. The molecule has 0 amide bonds. The summed E-state index contributed by atoms with van der Waals surface area (Å²) in [6.07, 6.45) is -4.61. The molecule has 2 atom stereocenters. The summed E-state index contributed by atoms with van der Waals surface area (Å²) in [4.78, 5) is 0. The second kappa shape index (κ2) is 4.54. The van der Waals surface area contributed by atoms with E-state index in [1.807, 2.05) is 0 Å². The van der Waals surface area contributed by atoms with Gasteiger partial charge in [0, 0.05) is 18.2 Å². The third-order valence-corrected chi connectivity index (χ3v) is 2.59. The van der Waals surface area contributed by atoms with Crippen molar-refractivity contribution in [1.82, 2.24) is 0 Å². The van der Waals surface area contributed by atoms with E-state index < -0.39 is 12.5 Å². The van der Waals surface area contributed by atoms with E-state index in [1.54, 1.807) is 6.07 Å². The molecule has 0 bridgehead atoms. The van der Waals surface area contributed by atoms with Crippen molar-refractivity contribution in [3.63, 3.8) is 0 Å². The van der Waals surface area contributed by atoms with Crippen LogP contribution in [0.5, 0.6) is 5.75 Å². The molecular formula is C11H12F3NO2. The van der Waals surface area contributed by atoms with Gasteiger partial charge in [0.15, 0.2) is 0 Å². The largest absolute Gasteiger partial charge is 0.573 e. The molecule has 2 rings (SSSR count). The van der Waals surface area contributed by atoms with Crippen LogP contribution in [-0.2, 0) is 4.74 Å². The molecule has 1 aromatic carbocycles. The summed E-state index contributed by atoms with van der Waals surface area (Å²) in [7, 11) is 0. The van der Waals surface area contributed by atoms with Crippen LogP contribution in [0, 0.1) is 0 Å². The van der Waals surface area contributed by atoms with Crippen LogP contribution in [0.2, 0.25) is 0 Å². The summed E-state index contributed by atoms with van der Waals surface area (Å²) in [5.74, 6) is -0.248. The summed E-state index contributed by atoms with van der Waals surface area (Å²) in [5, 5.41) is 0. The highest BCUT2D eigenvalue weighted by molar-refractivity contribution is 5.36. The van der Waals surface area contributed by atoms with Crippen molar-refractivity contribution < 1.29 is 22.6 Å². The van der Waals surface area contributed by atoms with Gasteiger partial charge in [0.2, 0.25) is 0 Å².